The number of aliphatic carboxylic acids is 1. The Morgan fingerprint density at radius 1 is 1.22 bits per heavy atom. The molecule has 0 saturated carbocycles. The van der Waals surface area contributed by atoms with Crippen molar-refractivity contribution in [2.45, 2.75) is 6.92 Å². The van der Waals surface area contributed by atoms with Crippen LogP contribution in [0.2, 0.25) is 5.02 Å². The van der Waals surface area contributed by atoms with E-state index in [1.165, 1.54) is 6.08 Å². The average molecular weight is 279 g/mol. The van der Waals surface area contributed by atoms with E-state index >= 15 is 0 Å². The van der Waals surface area contributed by atoms with Gasteiger partial charge in [-0.3, -0.25) is 0 Å². The molecule has 92 valence electrons. The van der Waals surface area contributed by atoms with Gasteiger partial charge in [0.15, 0.2) is 0 Å². The molecule has 0 unspecified atom stereocenters. The van der Waals surface area contributed by atoms with Crippen molar-refractivity contribution >= 4 is 34.5 Å². The first kappa shape index (κ1) is 12.9. The van der Waals surface area contributed by atoms with Gasteiger partial charge in [0, 0.05) is 20.9 Å². The molecule has 0 saturated heterocycles. The molecule has 1 aromatic heterocycles. The highest BCUT2D eigenvalue weighted by Gasteiger charge is 2.05. The summed E-state index contributed by atoms with van der Waals surface area (Å²) >= 11 is 7.41. The fourth-order valence-electron chi connectivity index (χ4n) is 1.58. The van der Waals surface area contributed by atoms with Crippen molar-refractivity contribution in [1.82, 2.24) is 0 Å². The van der Waals surface area contributed by atoms with E-state index < -0.39 is 5.97 Å². The summed E-state index contributed by atoms with van der Waals surface area (Å²) in [5.41, 5.74) is 1.84. The largest absolute Gasteiger partial charge is 0.478 e. The van der Waals surface area contributed by atoms with E-state index in [-0.39, 0.29) is 0 Å². The normalized spacial score (nSPS) is 11.6. The zero-order valence-corrected chi connectivity index (χ0v) is 11.3. The number of allylic oxidation sites excluding steroid dienone is 1. The zero-order chi connectivity index (χ0) is 13.1. The van der Waals surface area contributed by atoms with Gasteiger partial charge in [-0.25, -0.2) is 4.79 Å². The third kappa shape index (κ3) is 3.00. The van der Waals surface area contributed by atoms with E-state index in [0.29, 0.717) is 5.02 Å². The number of hydrogen-bond donors (Lipinski definition) is 1. The summed E-state index contributed by atoms with van der Waals surface area (Å²) in [5, 5.41) is 9.42. The summed E-state index contributed by atoms with van der Waals surface area (Å²) in [7, 11) is 0. The van der Waals surface area contributed by atoms with Gasteiger partial charge in [0.1, 0.15) is 0 Å². The number of carbonyl (C=O) groups is 1. The maximum absolute atomic E-state index is 10.6. The van der Waals surface area contributed by atoms with E-state index in [9.17, 15) is 4.79 Å². The van der Waals surface area contributed by atoms with Crippen LogP contribution in [0.4, 0.5) is 0 Å². The van der Waals surface area contributed by atoms with Crippen LogP contribution in [0.25, 0.3) is 16.0 Å². The van der Waals surface area contributed by atoms with Crippen LogP contribution in [-0.2, 0) is 4.79 Å². The van der Waals surface area contributed by atoms with Gasteiger partial charge in [-0.15, -0.1) is 11.3 Å². The molecule has 0 amide bonds. The second-order valence-electron chi connectivity index (χ2n) is 3.84. The maximum Gasteiger partial charge on any atom is 0.328 e. The quantitative estimate of drug-likeness (QED) is 0.836. The van der Waals surface area contributed by atoms with Crippen molar-refractivity contribution in [3.8, 4) is 10.4 Å². The Bertz CT molecular complexity index is 597. The highest BCUT2D eigenvalue weighted by atomic mass is 35.5. The third-order valence-corrected chi connectivity index (χ3v) is 3.99. The lowest BCUT2D eigenvalue weighted by atomic mass is 10.2. The van der Waals surface area contributed by atoms with E-state index in [0.717, 1.165) is 20.9 Å². The molecule has 18 heavy (non-hydrogen) atoms. The zero-order valence-electron chi connectivity index (χ0n) is 9.68. The molecule has 0 spiro atoms. The Morgan fingerprint density at radius 3 is 2.50 bits per heavy atom. The molecule has 1 N–H and O–H groups in total. The Hall–Kier alpha value is -1.58. The second kappa shape index (κ2) is 5.38. The van der Waals surface area contributed by atoms with Crippen LogP contribution < -0.4 is 0 Å². The van der Waals surface area contributed by atoms with Crippen LogP contribution in [0.3, 0.4) is 0 Å². The number of benzene rings is 1. The van der Waals surface area contributed by atoms with Gasteiger partial charge >= 0.3 is 5.97 Å². The molecule has 0 aliphatic carbocycles. The van der Waals surface area contributed by atoms with Gasteiger partial charge in [0.2, 0.25) is 0 Å². The lowest BCUT2D eigenvalue weighted by Crippen LogP contribution is -1.88. The molecular formula is C14H11ClO2S. The Kier molecular flexibility index (Phi) is 3.84. The van der Waals surface area contributed by atoms with Crippen LogP contribution in [0.15, 0.2) is 42.5 Å². The van der Waals surface area contributed by atoms with E-state index in [1.807, 2.05) is 36.4 Å². The molecule has 0 fully saturated rings. The molecule has 2 aromatic rings. The predicted octanol–water partition coefficient (Wildman–Crippen LogP) is 4.56. The fourth-order valence-corrected chi connectivity index (χ4v) is 2.68. The van der Waals surface area contributed by atoms with Crippen LogP contribution in [0.5, 0.6) is 0 Å². The first-order valence-electron chi connectivity index (χ1n) is 5.33. The minimum absolute atomic E-state index is 0.706. The highest BCUT2D eigenvalue weighted by Crippen LogP contribution is 2.32. The summed E-state index contributed by atoms with van der Waals surface area (Å²) in [5.74, 6) is -0.922. The van der Waals surface area contributed by atoms with Gasteiger partial charge in [0.25, 0.3) is 0 Å². The summed E-state index contributed by atoms with van der Waals surface area (Å²) in [6, 6.07) is 11.5. The molecule has 4 heteroatoms. The van der Waals surface area contributed by atoms with Gasteiger partial charge < -0.3 is 5.11 Å². The van der Waals surface area contributed by atoms with Crippen LogP contribution >= 0.6 is 22.9 Å². The maximum atomic E-state index is 10.6. The molecule has 1 aromatic carbocycles. The fraction of sp³-hybridized carbons (Fsp3) is 0.0714. The van der Waals surface area contributed by atoms with Gasteiger partial charge in [-0.1, -0.05) is 23.7 Å². The molecule has 0 atom stereocenters. The van der Waals surface area contributed by atoms with Crippen molar-refractivity contribution in [1.29, 1.82) is 0 Å². The SMILES string of the molecule is C/C(=C\C(=O)O)c1ccc(-c2ccc(Cl)cc2)s1. The first-order valence-corrected chi connectivity index (χ1v) is 6.53. The molecule has 0 aliphatic heterocycles. The molecule has 1 heterocycles. The van der Waals surface area contributed by atoms with Crippen molar-refractivity contribution in [2.75, 3.05) is 0 Å². The lowest BCUT2D eigenvalue weighted by Gasteiger charge is -1.97. The van der Waals surface area contributed by atoms with Crippen LogP contribution in [-0.4, -0.2) is 11.1 Å². The third-order valence-electron chi connectivity index (χ3n) is 2.46. The van der Waals surface area contributed by atoms with Crippen molar-refractivity contribution in [2.24, 2.45) is 0 Å². The van der Waals surface area contributed by atoms with Gasteiger partial charge in [0.05, 0.1) is 0 Å². The predicted molar refractivity (Wildman–Crippen MR) is 76.1 cm³/mol. The number of thiophene rings is 1. The molecule has 2 rings (SSSR count). The Balaban J connectivity index is 2.31. The molecule has 0 aliphatic rings. The Labute approximate surface area is 114 Å². The van der Waals surface area contributed by atoms with Gasteiger partial charge in [-0.05, 0) is 42.3 Å². The van der Waals surface area contributed by atoms with E-state index in [2.05, 4.69) is 0 Å². The summed E-state index contributed by atoms with van der Waals surface area (Å²) in [6.07, 6.45) is 1.22. The van der Waals surface area contributed by atoms with E-state index in [4.69, 9.17) is 16.7 Å². The minimum atomic E-state index is -0.922. The van der Waals surface area contributed by atoms with Crippen LogP contribution in [0.1, 0.15) is 11.8 Å². The van der Waals surface area contributed by atoms with Crippen molar-refractivity contribution < 1.29 is 9.90 Å². The number of hydrogen-bond acceptors (Lipinski definition) is 2. The molecule has 2 nitrogen and oxygen atoms in total. The number of halogens is 1. The van der Waals surface area contributed by atoms with Gasteiger partial charge in [-0.2, -0.15) is 0 Å². The summed E-state index contributed by atoms with van der Waals surface area (Å²) in [6.45, 7) is 1.80. The minimum Gasteiger partial charge on any atom is -0.478 e. The lowest BCUT2D eigenvalue weighted by molar-refractivity contribution is -0.131. The van der Waals surface area contributed by atoms with E-state index in [1.54, 1.807) is 18.3 Å². The standard InChI is InChI=1S/C14H11ClO2S/c1-9(8-14(16)17)12-6-7-13(18-12)10-2-4-11(15)5-3-10/h2-8H,1H3,(H,16,17)/b9-8+. The smallest absolute Gasteiger partial charge is 0.328 e. The molecule has 0 bridgehead atoms. The number of rotatable bonds is 3. The Morgan fingerprint density at radius 2 is 1.89 bits per heavy atom. The number of carboxylic acid groups (broad SMARTS) is 1. The van der Waals surface area contributed by atoms with Crippen molar-refractivity contribution in [3.63, 3.8) is 0 Å². The van der Waals surface area contributed by atoms with Crippen molar-refractivity contribution in [3.05, 3.63) is 52.4 Å². The summed E-state index contributed by atoms with van der Waals surface area (Å²) < 4.78 is 0. The first-order chi connectivity index (χ1) is 8.56. The second-order valence-corrected chi connectivity index (χ2v) is 5.36. The molecular weight excluding hydrogens is 268 g/mol. The topological polar surface area (TPSA) is 37.3 Å². The summed E-state index contributed by atoms with van der Waals surface area (Å²) in [4.78, 5) is 12.7. The average Bonchev–Trinajstić information content (AvgIpc) is 2.78. The number of carboxylic acids is 1. The van der Waals surface area contributed by atoms with Crippen LogP contribution in [0, 0.1) is 0 Å². The highest BCUT2D eigenvalue weighted by molar-refractivity contribution is 7.16. The molecule has 0 radical (unpaired) electrons. The monoisotopic (exact) mass is 278 g/mol.